The number of unbranched alkanes of at least 4 members (excludes halogenated alkanes) is 6. The summed E-state index contributed by atoms with van der Waals surface area (Å²) in [4.78, 5) is 12.4. The van der Waals surface area contributed by atoms with Crippen molar-refractivity contribution in [3.05, 3.63) is 29.3 Å². The van der Waals surface area contributed by atoms with Crippen molar-refractivity contribution in [3.63, 3.8) is 0 Å². The van der Waals surface area contributed by atoms with Crippen LogP contribution >= 0.6 is 0 Å². The molecule has 0 saturated carbocycles. The molecule has 0 radical (unpaired) electrons. The summed E-state index contributed by atoms with van der Waals surface area (Å²) in [6.07, 6.45) is 5.38. The molecule has 9 heteroatoms. The summed E-state index contributed by atoms with van der Waals surface area (Å²) < 4.78 is 50.5. The minimum absolute atomic E-state index is 0.0395. The van der Waals surface area contributed by atoms with Gasteiger partial charge in [-0.1, -0.05) is 38.5 Å². The third-order valence-corrected chi connectivity index (χ3v) is 5.94. The highest BCUT2D eigenvalue weighted by Crippen LogP contribution is 2.33. The van der Waals surface area contributed by atoms with Gasteiger partial charge >= 0.3 is 6.18 Å². The van der Waals surface area contributed by atoms with Crippen molar-refractivity contribution >= 4 is 11.6 Å². The summed E-state index contributed by atoms with van der Waals surface area (Å²) in [7, 11) is 0. The van der Waals surface area contributed by atoms with Crippen LogP contribution in [0.2, 0.25) is 0 Å². The summed E-state index contributed by atoms with van der Waals surface area (Å²) in [5.41, 5.74) is -3.47. The van der Waals surface area contributed by atoms with Gasteiger partial charge in [-0.2, -0.15) is 18.4 Å². The lowest BCUT2D eigenvalue weighted by atomic mass is 9.96. The second kappa shape index (κ2) is 13.7. The molecule has 1 unspecified atom stereocenters. The first-order valence-electron chi connectivity index (χ1n) is 12.0. The molecule has 0 spiro atoms. The molecule has 0 aromatic heterocycles. The molecule has 0 aliphatic carbocycles. The summed E-state index contributed by atoms with van der Waals surface area (Å²) in [5.74, 6) is -0.771. The number of amides is 1. The number of ether oxygens (including phenoxy) is 2. The van der Waals surface area contributed by atoms with Crippen molar-refractivity contribution in [2.45, 2.75) is 95.6 Å². The van der Waals surface area contributed by atoms with Gasteiger partial charge in [0.2, 0.25) is 0 Å². The molecule has 2 atom stereocenters. The number of hydrogen-bond acceptors (Lipinski definition) is 5. The zero-order chi connectivity index (χ0) is 25.0. The first-order valence-corrected chi connectivity index (χ1v) is 12.0. The zero-order valence-corrected chi connectivity index (χ0v) is 19.8. The number of nitriles is 1. The SMILES string of the molecule is C[C@](O)(CCCCCCCCCOC1CCCCO1)C(=O)Nc1ccc(C#N)c(C(F)(F)F)c1. The van der Waals surface area contributed by atoms with Gasteiger partial charge in [0, 0.05) is 18.9 Å². The Kier molecular flexibility index (Phi) is 11.3. The quantitative estimate of drug-likeness (QED) is 0.339. The number of alkyl halides is 3. The van der Waals surface area contributed by atoms with Crippen molar-refractivity contribution in [3.8, 4) is 6.07 Å². The molecule has 1 aromatic carbocycles. The van der Waals surface area contributed by atoms with Crippen LogP contribution in [0.1, 0.15) is 88.7 Å². The van der Waals surface area contributed by atoms with Gasteiger partial charge in [0.15, 0.2) is 6.29 Å². The lowest BCUT2D eigenvalue weighted by Crippen LogP contribution is -2.40. The second-order valence-electron chi connectivity index (χ2n) is 8.99. The minimum Gasteiger partial charge on any atom is -0.380 e. The van der Waals surface area contributed by atoms with E-state index >= 15 is 0 Å². The van der Waals surface area contributed by atoms with Crippen molar-refractivity contribution < 1.29 is 32.5 Å². The third-order valence-electron chi connectivity index (χ3n) is 5.94. The molecule has 0 bridgehead atoms. The Hall–Kier alpha value is -2.15. The highest BCUT2D eigenvalue weighted by molar-refractivity contribution is 5.96. The van der Waals surface area contributed by atoms with E-state index in [1.165, 1.54) is 19.1 Å². The average Bonchev–Trinajstić information content (AvgIpc) is 2.80. The summed E-state index contributed by atoms with van der Waals surface area (Å²) in [6, 6.07) is 4.42. The predicted octanol–water partition coefficient (Wildman–Crippen LogP) is 5.93. The van der Waals surface area contributed by atoms with E-state index in [0.717, 1.165) is 70.5 Å². The van der Waals surface area contributed by atoms with Crippen LogP contribution < -0.4 is 5.32 Å². The Morgan fingerprint density at radius 3 is 2.47 bits per heavy atom. The van der Waals surface area contributed by atoms with E-state index in [1.54, 1.807) is 0 Å². The van der Waals surface area contributed by atoms with Crippen LogP contribution in [0.4, 0.5) is 18.9 Å². The van der Waals surface area contributed by atoms with Crippen LogP contribution in [-0.2, 0) is 20.4 Å². The molecule has 6 nitrogen and oxygen atoms in total. The van der Waals surface area contributed by atoms with Crippen LogP contribution in [0.15, 0.2) is 18.2 Å². The predicted molar refractivity (Wildman–Crippen MR) is 122 cm³/mol. The molecule has 1 aliphatic heterocycles. The van der Waals surface area contributed by atoms with Crippen LogP contribution in [-0.4, -0.2) is 36.1 Å². The largest absolute Gasteiger partial charge is 0.417 e. The number of hydrogen-bond donors (Lipinski definition) is 2. The number of aliphatic hydroxyl groups is 1. The molecule has 34 heavy (non-hydrogen) atoms. The first-order chi connectivity index (χ1) is 16.1. The Bertz CT molecular complexity index is 815. The fourth-order valence-electron chi connectivity index (χ4n) is 3.85. The van der Waals surface area contributed by atoms with E-state index in [4.69, 9.17) is 14.7 Å². The maximum absolute atomic E-state index is 13.1. The zero-order valence-electron chi connectivity index (χ0n) is 19.8. The van der Waals surface area contributed by atoms with Crippen molar-refractivity contribution in [1.29, 1.82) is 5.26 Å². The van der Waals surface area contributed by atoms with E-state index in [0.29, 0.717) is 19.1 Å². The van der Waals surface area contributed by atoms with Gasteiger partial charge in [-0.25, -0.2) is 0 Å². The number of rotatable bonds is 13. The van der Waals surface area contributed by atoms with Gasteiger partial charge in [-0.3, -0.25) is 4.79 Å². The second-order valence-corrected chi connectivity index (χ2v) is 8.99. The van der Waals surface area contributed by atoms with Gasteiger partial charge in [0.1, 0.15) is 5.60 Å². The standard InChI is InChI=1S/C25H35F3N2O4/c1-24(32,23(31)30-20-13-12-19(18-29)21(17-20)25(26,27)28)14-8-5-3-2-4-6-9-15-33-22-11-7-10-16-34-22/h12-13,17,22,32H,2-11,14-16H2,1H3,(H,30,31)/t22?,24-/m0/s1. The van der Waals surface area contributed by atoms with E-state index < -0.39 is 28.8 Å². The molecular formula is C25H35F3N2O4. The van der Waals surface area contributed by atoms with E-state index in [1.807, 2.05) is 0 Å². The van der Waals surface area contributed by atoms with Crippen LogP contribution in [0.5, 0.6) is 0 Å². The maximum atomic E-state index is 13.1. The maximum Gasteiger partial charge on any atom is 0.417 e. The van der Waals surface area contributed by atoms with Crippen molar-refractivity contribution in [2.24, 2.45) is 0 Å². The summed E-state index contributed by atoms with van der Waals surface area (Å²) in [6.45, 7) is 2.85. The van der Waals surface area contributed by atoms with Crippen LogP contribution in [0.3, 0.4) is 0 Å². The topological polar surface area (TPSA) is 91.6 Å². The molecule has 2 rings (SSSR count). The van der Waals surface area contributed by atoms with Gasteiger partial charge in [-0.15, -0.1) is 0 Å². The van der Waals surface area contributed by atoms with Crippen LogP contribution in [0.25, 0.3) is 0 Å². The molecular weight excluding hydrogens is 449 g/mol. The van der Waals surface area contributed by atoms with Gasteiger partial charge in [-0.05, 0) is 57.2 Å². The highest BCUT2D eigenvalue weighted by atomic mass is 19.4. The Morgan fingerprint density at radius 1 is 1.18 bits per heavy atom. The molecule has 1 aromatic rings. The molecule has 1 aliphatic rings. The lowest BCUT2D eigenvalue weighted by Gasteiger charge is -2.23. The fraction of sp³-hybridized carbons (Fsp3) is 0.680. The number of benzene rings is 1. The molecule has 1 saturated heterocycles. The average molecular weight is 485 g/mol. The number of halogens is 3. The van der Waals surface area contributed by atoms with Gasteiger partial charge in [0.25, 0.3) is 5.91 Å². The molecule has 1 fully saturated rings. The molecule has 1 amide bonds. The van der Waals surface area contributed by atoms with E-state index in [2.05, 4.69) is 5.32 Å². The first kappa shape index (κ1) is 28.1. The number of nitrogens with one attached hydrogen (secondary N) is 1. The van der Waals surface area contributed by atoms with E-state index in [-0.39, 0.29) is 18.4 Å². The highest BCUT2D eigenvalue weighted by Gasteiger charge is 2.35. The Morgan fingerprint density at radius 2 is 1.85 bits per heavy atom. The normalized spacial score (nSPS) is 18.2. The summed E-state index contributed by atoms with van der Waals surface area (Å²) in [5, 5.41) is 21.7. The number of anilines is 1. The third kappa shape index (κ3) is 9.61. The summed E-state index contributed by atoms with van der Waals surface area (Å²) >= 11 is 0. The number of nitrogens with zero attached hydrogens (tertiary/aromatic N) is 1. The lowest BCUT2D eigenvalue weighted by molar-refractivity contribution is -0.162. The fourth-order valence-corrected chi connectivity index (χ4v) is 3.85. The van der Waals surface area contributed by atoms with Crippen molar-refractivity contribution in [2.75, 3.05) is 18.5 Å². The number of carbonyl (C=O) groups is 1. The molecule has 2 N–H and O–H groups in total. The van der Waals surface area contributed by atoms with Crippen LogP contribution in [0, 0.1) is 11.3 Å². The minimum atomic E-state index is -4.72. The number of carbonyl (C=O) groups excluding carboxylic acids is 1. The monoisotopic (exact) mass is 484 g/mol. The smallest absolute Gasteiger partial charge is 0.380 e. The van der Waals surface area contributed by atoms with Gasteiger partial charge < -0.3 is 19.9 Å². The van der Waals surface area contributed by atoms with E-state index in [9.17, 15) is 23.1 Å². The van der Waals surface area contributed by atoms with Crippen molar-refractivity contribution in [1.82, 2.24) is 0 Å². The molecule has 190 valence electrons. The van der Waals surface area contributed by atoms with Gasteiger partial charge in [0.05, 0.1) is 17.2 Å². The molecule has 1 heterocycles. The Balaban J connectivity index is 1.61. The Labute approximate surface area is 199 Å².